The summed E-state index contributed by atoms with van der Waals surface area (Å²) in [5, 5.41) is 13.0. The summed E-state index contributed by atoms with van der Waals surface area (Å²) in [6, 6.07) is -0.390. The van der Waals surface area contributed by atoms with Gasteiger partial charge in [0.2, 0.25) is 0 Å². The number of aliphatic imine (C=N–C) groups is 2. The van der Waals surface area contributed by atoms with E-state index in [1.165, 1.54) is 6.21 Å². The minimum absolute atomic E-state index is 0.0277. The highest BCUT2D eigenvalue weighted by Gasteiger charge is 2.32. The molecule has 0 aromatic carbocycles. The van der Waals surface area contributed by atoms with Crippen molar-refractivity contribution in [1.29, 1.82) is 0 Å². The van der Waals surface area contributed by atoms with Gasteiger partial charge in [0, 0.05) is 43.7 Å². The number of rotatable bonds is 2. The lowest BCUT2D eigenvalue weighted by molar-refractivity contribution is -0.118. The zero-order chi connectivity index (χ0) is 15.8. The maximum Gasteiger partial charge on any atom is 0.274 e. The molecule has 0 aliphatic carbocycles. The Labute approximate surface area is 132 Å². The van der Waals surface area contributed by atoms with Crippen molar-refractivity contribution >= 4 is 18.0 Å². The molecule has 0 saturated carbocycles. The summed E-state index contributed by atoms with van der Waals surface area (Å²) < 4.78 is 7.41. The second kappa shape index (κ2) is 5.62. The van der Waals surface area contributed by atoms with Crippen molar-refractivity contribution in [1.82, 2.24) is 14.9 Å². The maximum absolute atomic E-state index is 11.9. The molecule has 4 rings (SSSR count). The van der Waals surface area contributed by atoms with Gasteiger partial charge in [0.25, 0.3) is 5.91 Å². The summed E-state index contributed by atoms with van der Waals surface area (Å²) >= 11 is 0. The van der Waals surface area contributed by atoms with Gasteiger partial charge in [0.1, 0.15) is 5.69 Å². The van der Waals surface area contributed by atoms with E-state index in [1.807, 2.05) is 10.8 Å². The Morgan fingerprint density at radius 3 is 3.00 bits per heavy atom. The van der Waals surface area contributed by atoms with Gasteiger partial charge in [0.05, 0.1) is 6.33 Å². The minimum Gasteiger partial charge on any atom is -0.494 e. The highest BCUT2D eigenvalue weighted by molar-refractivity contribution is 6.04. The Kier molecular flexibility index (Phi) is 3.45. The van der Waals surface area contributed by atoms with Crippen molar-refractivity contribution < 1.29 is 14.6 Å². The summed E-state index contributed by atoms with van der Waals surface area (Å²) in [5.74, 6) is 0.00767. The molecular weight excluding hydrogens is 298 g/mol. The molecule has 8 nitrogen and oxygen atoms in total. The third kappa shape index (κ3) is 2.55. The third-order valence-corrected chi connectivity index (χ3v) is 4.35. The average Bonchev–Trinajstić information content (AvgIpc) is 3.07. The van der Waals surface area contributed by atoms with E-state index in [0.29, 0.717) is 29.6 Å². The number of amides is 1. The Balaban J connectivity index is 1.60. The Morgan fingerprint density at radius 2 is 2.17 bits per heavy atom. The maximum atomic E-state index is 11.9. The van der Waals surface area contributed by atoms with Crippen LogP contribution in [-0.4, -0.2) is 51.9 Å². The summed E-state index contributed by atoms with van der Waals surface area (Å²) in [7, 11) is 0. The van der Waals surface area contributed by atoms with Crippen LogP contribution in [0.4, 0.5) is 0 Å². The normalized spacial score (nSPS) is 25.1. The zero-order valence-electron chi connectivity index (χ0n) is 12.5. The molecule has 1 aromatic rings. The average molecular weight is 315 g/mol. The van der Waals surface area contributed by atoms with Gasteiger partial charge in [-0.1, -0.05) is 0 Å². The summed E-state index contributed by atoms with van der Waals surface area (Å²) in [6.07, 6.45) is 7.44. The topological polar surface area (TPSA) is 101 Å². The number of aliphatic hydroxyl groups is 1. The number of hydrogen-bond acceptors (Lipinski definition) is 6. The van der Waals surface area contributed by atoms with Crippen LogP contribution in [0.1, 0.15) is 31.0 Å². The van der Waals surface area contributed by atoms with Gasteiger partial charge in [-0.3, -0.25) is 4.79 Å². The molecule has 4 heterocycles. The molecule has 0 bridgehead atoms. The molecule has 1 aromatic heterocycles. The molecule has 3 aliphatic heterocycles. The molecule has 1 atom stereocenters. The van der Waals surface area contributed by atoms with Gasteiger partial charge in [-0.2, -0.15) is 0 Å². The fourth-order valence-electron chi connectivity index (χ4n) is 3.05. The molecule has 1 amide bonds. The first kappa shape index (κ1) is 14.1. The van der Waals surface area contributed by atoms with E-state index in [2.05, 4.69) is 20.3 Å². The van der Waals surface area contributed by atoms with Crippen molar-refractivity contribution in [3.8, 4) is 0 Å². The number of carbonyl (C=O) groups excluding carboxylic acids is 1. The minimum atomic E-state index is -0.746. The molecule has 1 fully saturated rings. The van der Waals surface area contributed by atoms with E-state index in [4.69, 9.17) is 4.74 Å². The van der Waals surface area contributed by atoms with Crippen LogP contribution in [-0.2, 0) is 9.53 Å². The molecule has 0 radical (unpaired) electrons. The molecule has 2 N–H and O–H groups in total. The fourth-order valence-corrected chi connectivity index (χ4v) is 3.05. The number of nitrogens with one attached hydrogen (secondary N) is 1. The summed E-state index contributed by atoms with van der Waals surface area (Å²) in [4.78, 5) is 24.4. The van der Waals surface area contributed by atoms with Crippen molar-refractivity contribution in [2.75, 3.05) is 13.2 Å². The summed E-state index contributed by atoms with van der Waals surface area (Å²) in [5.41, 5.74) is 1.15. The largest absolute Gasteiger partial charge is 0.494 e. The van der Waals surface area contributed by atoms with Crippen molar-refractivity contribution in [2.45, 2.75) is 31.3 Å². The number of amidine groups is 1. The molecule has 0 spiro atoms. The van der Waals surface area contributed by atoms with E-state index in [1.54, 1.807) is 6.33 Å². The van der Waals surface area contributed by atoms with Gasteiger partial charge >= 0.3 is 0 Å². The van der Waals surface area contributed by atoms with Crippen LogP contribution >= 0.6 is 0 Å². The van der Waals surface area contributed by atoms with Crippen molar-refractivity contribution in [3.05, 3.63) is 29.7 Å². The van der Waals surface area contributed by atoms with E-state index in [0.717, 1.165) is 26.1 Å². The molecule has 3 aliphatic rings. The van der Waals surface area contributed by atoms with E-state index in [-0.39, 0.29) is 11.8 Å². The second-order valence-electron chi connectivity index (χ2n) is 5.78. The Bertz CT molecular complexity index is 727. The number of imidazole rings is 1. The molecule has 120 valence electrons. The number of hydrogen-bond donors (Lipinski definition) is 2. The van der Waals surface area contributed by atoms with Crippen LogP contribution in [0, 0.1) is 0 Å². The van der Waals surface area contributed by atoms with Crippen LogP contribution in [0.25, 0.3) is 0 Å². The molecule has 1 saturated heterocycles. The van der Waals surface area contributed by atoms with Gasteiger partial charge in [-0.15, -0.1) is 0 Å². The quantitative estimate of drug-likeness (QED) is 0.837. The highest BCUT2D eigenvalue weighted by Crippen LogP contribution is 2.24. The smallest absolute Gasteiger partial charge is 0.274 e. The lowest BCUT2D eigenvalue weighted by Gasteiger charge is -2.24. The number of carbonyl (C=O) groups is 1. The first-order valence-corrected chi connectivity index (χ1v) is 7.67. The predicted octanol–water partition coefficient (Wildman–Crippen LogP) is 0.724. The number of ether oxygens (including phenoxy) is 1. The molecule has 23 heavy (non-hydrogen) atoms. The third-order valence-electron chi connectivity index (χ3n) is 4.35. The summed E-state index contributed by atoms with van der Waals surface area (Å²) in [6.45, 7) is 1.50. The van der Waals surface area contributed by atoms with E-state index < -0.39 is 6.04 Å². The lowest BCUT2D eigenvalue weighted by Crippen LogP contribution is -2.38. The van der Waals surface area contributed by atoms with Crippen LogP contribution in [0.5, 0.6) is 0 Å². The first-order valence-electron chi connectivity index (χ1n) is 7.67. The van der Waals surface area contributed by atoms with Gasteiger partial charge < -0.3 is 19.7 Å². The van der Waals surface area contributed by atoms with Gasteiger partial charge in [-0.05, 0) is 12.8 Å². The van der Waals surface area contributed by atoms with Crippen molar-refractivity contribution in [2.24, 2.45) is 9.98 Å². The van der Waals surface area contributed by atoms with E-state index in [9.17, 15) is 9.90 Å². The van der Waals surface area contributed by atoms with Crippen LogP contribution in [0.15, 0.2) is 34.0 Å². The van der Waals surface area contributed by atoms with E-state index >= 15 is 0 Å². The van der Waals surface area contributed by atoms with Crippen LogP contribution in [0.2, 0.25) is 0 Å². The molecular formula is C15H17N5O3. The number of nitrogens with zero attached hydrogens (tertiary/aromatic N) is 4. The number of fused-ring (bicyclic) bond motifs is 1. The standard InChI is InChI=1S/C15H17N5O3/c21-14-10-1-4-16-15(22)12(10)18-13(19-14)11-7-20(8-17-11)9-2-5-23-6-3-9/h4,7-9,12,21H,1-3,5-6H2,(H,18,19). The van der Waals surface area contributed by atoms with Crippen LogP contribution < -0.4 is 5.32 Å². The zero-order valence-corrected chi connectivity index (χ0v) is 12.5. The SMILES string of the molecule is O=C1N=CCC2=C(O)NC(c3cn(C4CCOCC4)cn3)=NC12. The Hall–Kier alpha value is -2.48. The van der Waals surface area contributed by atoms with Crippen LogP contribution in [0.3, 0.4) is 0 Å². The monoisotopic (exact) mass is 315 g/mol. The molecule has 1 unspecified atom stereocenters. The predicted molar refractivity (Wildman–Crippen MR) is 82.5 cm³/mol. The Morgan fingerprint density at radius 1 is 1.35 bits per heavy atom. The fraction of sp³-hybridized carbons (Fsp3) is 0.467. The number of aromatic nitrogens is 2. The van der Waals surface area contributed by atoms with Gasteiger partial charge in [0.15, 0.2) is 17.8 Å². The second-order valence-corrected chi connectivity index (χ2v) is 5.78. The molecule has 8 heteroatoms. The van der Waals surface area contributed by atoms with Crippen molar-refractivity contribution in [3.63, 3.8) is 0 Å². The highest BCUT2D eigenvalue weighted by atomic mass is 16.5. The first-order chi connectivity index (χ1) is 11.2. The lowest BCUT2D eigenvalue weighted by atomic mass is 10.0. The number of aliphatic hydroxyl groups excluding tert-OH is 1. The van der Waals surface area contributed by atoms with Gasteiger partial charge in [-0.25, -0.2) is 15.0 Å².